The van der Waals surface area contributed by atoms with E-state index in [1.807, 2.05) is 18.2 Å². The van der Waals surface area contributed by atoms with Gasteiger partial charge in [-0.3, -0.25) is 0 Å². The Morgan fingerprint density at radius 3 is 2.68 bits per heavy atom. The highest BCUT2D eigenvalue weighted by Gasteiger charge is 2.53. The number of hydrogen-bond donors (Lipinski definition) is 0. The molecule has 1 aromatic rings. The third-order valence-electron chi connectivity index (χ3n) is 4.57. The summed E-state index contributed by atoms with van der Waals surface area (Å²) in [7, 11) is 0.921. The molecule has 1 aliphatic carbocycles. The zero-order chi connectivity index (χ0) is 15.6. The molecule has 5 heteroatoms. The van der Waals surface area contributed by atoms with Crippen molar-refractivity contribution >= 4 is 13.1 Å². The van der Waals surface area contributed by atoms with Gasteiger partial charge in [0, 0.05) is 11.9 Å². The first-order valence-corrected chi connectivity index (χ1v) is 7.79. The molecular formula is C17H21BO4. The van der Waals surface area contributed by atoms with Gasteiger partial charge in [-0.15, -0.1) is 0 Å². The molecule has 22 heavy (non-hydrogen) atoms. The smallest absolute Gasteiger partial charge is 0.462 e. The molecular weight excluding hydrogens is 279 g/mol. The van der Waals surface area contributed by atoms with Gasteiger partial charge in [-0.1, -0.05) is 49.8 Å². The summed E-state index contributed by atoms with van der Waals surface area (Å²) in [6.45, 7) is 3.77. The van der Waals surface area contributed by atoms with E-state index >= 15 is 0 Å². The SMILES string of the molecule is C=C(CB1O[C@H](c2ccccc2)C2(CCCC2)O1)C(=O)OC. The maximum atomic E-state index is 11.5. The molecule has 0 N–H and O–H groups in total. The van der Waals surface area contributed by atoms with Gasteiger partial charge in [0.05, 0.1) is 18.8 Å². The second kappa shape index (κ2) is 6.27. The highest BCUT2D eigenvalue weighted by atomic mass is 16.7. The lowest BCUT2D eigenvalue weighted by Gasteiger charge is -2.29. The fourth-order valence-electron chi connectivity index (χ4n) is 3.51. The fourth-order valence-corrected chi connectivity index (χ4v) is 3.51. The summed E-state index contributed by atoms with van der Waals surface area (Å²) in [6.07, 6.45) is 4.56. The number of carbonyl (C=O) groups excluding carboxylic acids is 1. The van der Waals surface area contributed by atoms with Crippen LogP contribution in [-0.4, -0.2) is 25.8 Å². The molecule has 0 radical (unpaired) electrons. The zero-order valence-corrected chi connectivity index (χ0v) is 12.9. The third kappa shape index (κ3) is 2.83. The molecule has 1 spiro atoms. The Morgan fingerprint density at radius 2 is 2.05 bits per heavy atom. The molecule has 1 atom stereocenters. The topological polar surface area (TPSA) is 44.8 Å². The van der Waals surface area contributed by atoms with E-state index in [-0.39, 0.29) is 11.7 Å². The van der Waals surface area contributed by atoms with E-state index in [1.165, 1.54) is 7.11 Å². The number of esters is 1. The maximum absolute atomic E-state index is 11.5. The summed E-state index contributed by atoms with van der Waals surface area (Å²) in [5, 5.41) is 0. The Labute approximate surface area is 131 Å². The lowest BCUT2D eigenvalue weighted by molar-refractivity contribution is -0.136. The summed E-state index contributed by atoms with van der Waals surface area (Å²) in [6, 6.07) is 10.2. The minimum Gasteiger partial charge on any atom is -0.466 e. The van der Waals surface area contributed by atoms with Crippen LogP contribution in [-0.2, 0) is 18.8 Å². The predicted octanol–water partition coefficient (Wildman–Crippen LogP) is 3.30. The first-order valence-electron chi connectivity index (χ1n) is 7.79. The largest absolute Gasteiger partial charge is 0.466 e. The quantitative estimate of drug-likeness (QED) is 0.486. The molecule has 3 rings (SSSR count). The number of benzene rings is 1. The predicted molar refractivity (Wildman–Crippen MR) is 84.3 cm³/mol. The van der Waals surface area contributed by atoms with E-state index < -0.39 is 13.1 Å². The van der Waals surface area contributed by atoms with Crippen LogP contribution in [0.5, 0.6) is 0 Å². The third-order valence-corrected chi connectivity index (χ3v) is 4.57. The summed E-state index contributed by atoms with van der Waals surface area (Å²) in [5.74, 6) is -0.407. The standard InChI is InChI=1S/C17H21BO4/c1-13(16(19)20-2)12-18-21-15(14-8-4-3-5-9-14)17(22-18)10-6-7-11-17/h3-5,8-9,15H,1,6-7,10-12H2,2H3/t15-/m1/s1. The van der Waals surface area contributed by atoms with Gasteiger partial charge in [0.1, 0.15) is 0 Å². The molecule has 0 bridgehead atoms. The van der Waals surface area contributed by atoms with Gasteiger partial charge in [0.2, 0.25) is 0 Å². The van der Waals surface area contributed by atoms with Gasteiger partial charge >= 0.3 is 13.1 Å². The van der Waals surface area contributed by atoms with Crippen molar-refractivity contribution in [2.75, 3.05) is 7.11 Å². The van der Waals surface area contributed by atoms with Gasteiger partial charge in [-0.2, -0.15) is 0 Å². The Morgan fingerprint density at radius 1 is 1.36 bits per heavy atom. The number of rotatable bonds is 4. The summed E-state index contributed by atoms with van der Waals surface area (Å²) < 4.78 is 17.1. The van der Waals surface area contributed by atoms with Crippen molar-refractivity contribution in [3.63, 3.8) is 0 Å². The summed E-state index contributed by atoms with van der Waals surface area (Å²) in [5.41, 5.74) is 1.26. The second-order valence-electron chi connectivity index (χ2n) is 6.05. The van der Waals surface area contributed by atoms with Crippen molar-refractivity contribution in [3.8, 4) is 0 Å². The first-order chi connectivity index (χ1) is 10.6. The van der Waals surface area contributed by atoms with Crippen LogP contribution in [0.25, 0.3) is 0 Å². The van der Waals surface area contributed by atoms with Crippen molar-refractivity contribution in [2.45, 2.75) is 43.7 Å². The van der Waals surface area contributed by atoms with E-state index in [9.17, 15) is 4.79 Å². The first kappa shape index (κ1) is 15.3. The Hall–Kier alpha value is -1.59. The fraction of sp³-hybridized carbons (Fsp3) is 0.471. The van der Waals surface area contributed by atoms with Crippen molar-refractivity contribution < 1.29 is 18.8 Å². The van der Waals surface area contributed by atoms with Crippen LogP contribution >= 0.6 is 0 Å². The lowest BCUT2D eigenvalue weighted by Crippen LogP contribution is -2.31. The van der Waals surface area contributed by atoms with Crippen LogP contribution in [0.3, 0.4) is 0 Å². The molecule has 0 unspecified atom stereocenters. The second-order valence-corrected chi connectivity index (χ2v) is 6.05. The number of ether oxygens (including phenoxy) is 1. The molecule has 1 saturated heterocycles. The van der Waals surface area contributed by atoms with Crippen molar-refractivity contribution in [1.29, 1.82) is 0 Å². The molecule has 0 amide bonds. The van der Waals surface area contributed by atoms with Crippen molar-refractivity contribution in [3.05, 3.63) is 48.0 Å². The maximum Gasteiger partial charge on any atom is 0.462 e. The highest BCUT2D eigenvalue weighted by molar-refractivity contribution is 6.47. The molecule has 1 aromatic carbocycles. The molecule has 2 aliphatic rings. The zero-order valence-electron chi connectivity index (χ0n) is 12.9. The monoisotopic (exact) mass is 300 g/mol. The van der Waals surface area contributed by atoms with Gasteiger partial charge in [-0.05, 0) is 18.4 Å². The lowest BCUT2D eigenvalue weighted by atomic mass is 9.81. The Kier molecular flexibility index (Phi) is 4.36. The number of hydrogen-bond acceptors (Lipinski definition) is 4. The number of methoxy groups -OCH3 is 1. The molecule has 1 heterocycles. The van der Waals surface area contributed by atoms with Crippen LogP contribution in [0.4, 0.5) is 0 Å². The number of carbonyl (C=O) groups is 1. The van der Waals surface area contributed by atoms with E-state index in [2.05, 4.69) is 18.7 Å². The van der Waals surface area contributed by atoms with Crippen LogP contribution in [0.1, 0.15) is 37.4 Å². The molecule has 1 saturated carbocycles. The van der Waals surface area contributed by atoms with Crippen LogP contribution in [0.2, 0.25) is 6.32 Å². The highest BCUT2D eigenvalue weighted by Crippen LogP contribution is 2.50. The van der Waals surface area contributed by atoms with Crippen molar-refractivity contribution in [2.24, 2.45) is 0 Å². The van der Waals surface area contributed by atoms with E-state index in [1.54, 1.807) is 0 Å². The summed E-state index contributed by atoms with van der Waals surface area (Å²) in [4.78, 5) is 11.5. The van der Waals surface area contributed by atoms with Gasteiger partial charge in [-0.25, -0.2) is 4.79 Å². The van der Waals surface area contributed by atoms with Gasteiger partial charge in [0.25, 0.3) is 0 Å². The normalized spacial score (nSPS) is 23.0. The van der Waals surface area contributed by atoms with Gasteiger partial charge < -0.3 is 14.0 Å². The Bertz CT molecular complexity index is 551. The summed E-state index contributed by atoms with van der Waals surface area (Å²) >= 11 is 0. The van der Waals surface area contributed by atoms with Crippen LogP contribution in [0.15, 0.2) is 42.5 Å². The Balaban J connectivity index is 1.78. The molecule has 116 valence electrons. The van der Waals surface area contributed by atoms with Gasteiger partial charge in [0.15, 0.2) is 0 Å². The average Bonchev–Trinajstić information content (AvgIpc) is 3.15. The molecule has 0 aromatic heterocycles. The van der Waals surface area contributed by atoms with Crippen molar-refractivity contribution in [1.82, 2.24) is 0 Å². The van der Waals surface area contributed by atoms with E-state index in [0.717, 1.165) is 31.2 Å². The average molecular weight is 300 g/mol. The van der Waals surface area contributed by atoms with Crippen LogP contribution in [0, 0.1) is 0 Å². The van der Waals surface area contributed by atoms with E-state index in [4.69, 9.17) is 14.0 Å². The van der Waals surface area contributed by atoms with Crippen LogP contribution < -0.4 is 0 Å². The van der Waals surface area contributed by atoms with E-state index in [0.29, 0.717) is 11.9 Å². The molecule has 1 aliphatic heterocycles. The molecule has 4 nitrogen and oxygen atoms in total. The minimum absolute atomic E-state index is 0.0772. The minimum atomic E-state index is -0.435. The molecule has 2 fully saturated rings.